The van der Waals surface area contributed by atoms with Crippen molar-refractivity contribution in [3.05, 3.63) is 70.3 Å². The van der Waals surface area contributed by atoms with E-state index in [4.69, 9.17) is 9.47 Å². The van der Waals surface area contributed by atoms with E-state index in [9.17, 15) is 14.7 Å². The van der Waals surface area contributed by atoms with Crippen molar-refractivity contribution in [3.63, 3.8) is 0 Å². The van der Waals surface area contributed by atoms with Crippen LogP contribution in [0.4, 0.5) is 0 Å². The summed E-state index contributed by atoms with van der Waals surface area (Å²) in [6.45, 7) is 11.3. The minimum atomic E-state index is -0.407. The van der Waals surface area contributed by atoms with Crippen molar-refractivity contribution in [1.29, 1.82) is 0 Å². The number of phenolic OH excluding ortho intramolecular Hbond substituents is 1. The van der Waals surface area contributed by atoms with Crippen LogP contribution in [-0.4, -0.2) is 49.2 Å². The maximum Gasteiger partial charge on any atom is 0.343 e. The van der Waals surface area contributed by atoms with E-state index in [1.165, 1.54) is 18.2 Å². The van der Waals surface area contributed by atoms with Crippen molar-refractivity contribution in [2.24, 2.45) is 0 Å². The molecule has 0 fully saturated rings. The number of benzene rings is 2. The average Bonchev–Trinajstić information content (AvgIpc) is 2.98. The summed E-state index contributed by atoms with van der Waals surface area (Å²) < 4.78 is 10.4. The highest BCUT2D eigenvalue weighted by molar-refractivity contribution is 5.75. The molecule has 0 aromatic heterocycles. The Morgan fingerprint density at radius 1 is 0.953 bits per heavy atom. The Kier molecular flexibility index (Phi) is 15.9. The van der Waals surface area contributed by atoms with Crippen molar-refractivity contribution in [2.45, 2.75) is 111 Å². The zero-order valence-corrected chi connectivity index (χ0v) is 27.7. The van der Waals surface area contributed by atoms with Gasteiger partial charge in [-0.1, -0.05) is 64.3 Å². The van der Waals surface area contributed by atoms with E-state index in [1.807, 2.05) is 36.2 Å². The molecule has 6 heteroatoms. The van der Waals surface area contributed by atoms with Gasteiger partial charge in [0.05, 0.1) is 7.11 Å². The van der Waals surface area contributed by atoms with E-state index in [1.54, 1.807) is 0 Å². The molecule has 0 spiro atoms. The zero-order chi connectivity index (χ0) is 31.8. The molecule has 0 aliphatic rings. The van der Waals surface area contributed by atoms with Gasteiger partial charge >= 0.3 is 5.97 Å². The summed E-state index contributed by atoms with van der Waals surface area (Å²) in [5.41, 5.74) is 5.64. The number of ether oxygens (including phenoxy) is 2. The molecule has 0 aliphatic heterocycles. The van der Waals surface area contributed by atoms with Crippen LogP contribution in [0.3, 0.4) is 0 Å². The standard InChI is InChI=1S/C37H55NO5/c1-8-9-22-38(6)35(40)19-17-15-13-11-10-12-14-16-18-32(30-20-21-34(39)33(25-30)27(2)3)37-28(4)23-31(24-29(37)5)43-26-36(41)42-7/h12,14,20-21,23-25,27,32,39H,8-11,13,15-19,22,26H2,1-7H3. The fourth-order valence-electron chi connectivity index (χ4n) is 5.60. The Morgan fingerprint density at radius 3 is 2.28 bits per heavy atom. The molecule has 6 nitrogen and oxygen atoms in total. The Balaban J connectivity index is 2.02. The van der Waals surface area contributed by atoms with Gasteiger partial charge in [-0.3, -0.25) is 4.79 Å². The second-order valence-electron chi connectivity index (χ2n) is 12.0. The van der Waals surface area contributed by atoms with Gasteiger partial charge in [0, 0.05) is 25.9 Å². The highest BCUT2D eigenvalue weighted by Crippen LogP contribution is 2.38. The highest BCUT2D eigenvalue weighted by Gasteiger charge is 2.21. The molecular formula is C37H55NO5. The van der Waals surface area contributed by atoms with E-state index in [0.29, 0.717) is 17.9 Å². The number of rotatable bonds is 19. The van der Waals surface area contributed by atoms with Crippen LogP contribution in [0, 0.1) is 13.8 Å². The number of carbonyl (C=O) groups is 2. The fourth-order valence-corrected chi connectivity index (χ4v) is 5.60. The highest BCUT2D eigenvalue weighted by atomic mass is 16.6. The lowest BCUT2D eigenvalue weighted by Crippen LogP contribution is -2.27. The number of unbranched alkanes of at least 4 members (excludes halogenated alkanes) is 5. The first-order valence-electron chi connectivity index (χ1n) is 16.1. The van der Waals surface area contributed by atoms with Crippen LogP contribution in [0.25, 0.3) is 0 Å². The zero-order valence-electron chi connectivity index (χ0n) is 27.7. The third-order valence-corrected chi connectivity index (χ3v) is 8.15. The Labute approximate surface area is 260 Å². The summed E-state index contributed by atoms with van der Waals surface area (Å²) in [4.78, 5) is 25.6. The summed E-state index contributed by atoms with van der Waals surface area (Å²) >= 11 is 0. The van der Waals surface area contributed by atoms with Crippen LogP contribution in [0.15, 0.2) is 42.5 Å². The molecule has 0 aliphatic carbocycles. The second-order valence-corrected chi connectivity index (χ2v) is 12.0. The van der Waals surface area contributed by atoms with Crippen LogP contribution >= 0.6 is 0 Å². The van der Waals surface area contributed by atoms with Crippen molar-refractivity contribution in [2.75, 3.05) is 27.3 Å². The lowest BCUT2D eigenvalue weighted by molar-refractivity contribution is -0.142. The van der Waals surface area contributed by atoms with Gasteiger partial charge in [-0.25, -0.2) is 4.79 Å². The van der Waals surface area contributed by atoms with Gasteiger partial charge in [0.2, 0.25) is 5.91 Å². The largest absolute Gasteiger partial charge is 0.508 e. The summed E-state index contributed by atoms with van der Waals surface area (Å²) in [6.07, 6.45) is 14.7. The molecule has 0 saturated carbocycles. The van der Waals surface area contributed by atoms with E-state index in [-0.39, 0.29) is 24.3 Å². The third-order valence-electron chi connectivity index (χ3n) is 8.15. The van der Waals surface area contributed by atoms with Gasteiger partial charge in [0.1, 0.15) is 11.5 Å². The van der Waals surface area contributed by atoms with Gasteiger partial charge in [-0.2, -0.15) is 0 Å². The molecule has 2 aromatic carbocycles. The summed E-state index contributed by atoms with van der Waals surface area (Å²) in [5.74, 6) is 1.23. The fraction of sp³-hybridized carbons (Fsp3) is 0.568. The lowest BCUT2D eigenvalue weighted by atomic mass is 9.81. The summed E-state index contributed by atoms with van der Waals surface area (Å²) in [5, 5.41) is 10.5. The van der Waals surface area contributed by atoms with Crippen LogP contribution in [0.2, 0.25) is 0 Å². The Hall–Kier alpha value is -3.28. The molecule has 2 aromatic rings. The number of aromatic hydroxyl groups is 1. The minimum Gasteiger partial charge on any atom is -0.508 e. The number of nitrogens with zero attached hydrogens (tertiary/aromatic N) is 1. The number of phenols is 1. The number of allylic oxidation sites excluding steroid dienone is 2. The van der Waals surface area contributed by atoms with Crippen molar-refractivity contribution >= 4 is 11.9 Å². The van der Waals surface area contributed by atoms with E-state index in [2.05, 4.69) is 52.8 Å². The quantitative estimate of drug-likeness (QED) is 0.100. The number of hydrogen-bond donors (Lipinski definition) is 1. The molecular weight excluding hydrogens is 538 g/mol. The number of esters is 1. The maximum absolute atomic E-state index is 12.2. The molecule has 1 atom stereocenters. The minimum absolute atomic E-state index is 0.118. The molecule has 2 rings (SSSR count). The van der Waals surface area contributed by atoms with Crippen molar-refractivity contribution < 1.29 is 24.2 Å². The maximum atomic E-state index is 12.2. The van der Waals surface area contributed by atoms with E-state index in [0.717, 1.165) is 81.0 Å². The van der Waals surface area contributed by atoms with E-state index >= 15 is 0 Å². The number of methoxy groups -OCH3 is 1. The van der Waals surface area contributed by atoms with E-state index < -0.39 is 5.97 Å². The smallest absolute Gasteiger partial charge is 0.343 e. The first kappa shape index (κ1) is 35.9. The number of aryl methyl sites for hydroxylation is 2. The number of carbonyl (C=O) groups excluding carboxylic acids is 2. The van der Waals surface area contributed by atoms with Crippen LogP contribution < -0.4 is 4.74 Å². The van der Waals surface area contributed by atoms with Gasteiger partial charge in [0.15, 0.2) is 6.61 Å². The molecule has 0 bridgehead atoms. The lowest BCUT2D eigenvalue weighted by Gasteiger charge is -2.24. The van der Waals surface area contributed by atoms with Crippen molar-refractivity contribution in [3.8, 4) is 11.5 Å². The average molecular weight is 594 g/mol. The summed E-state index contributed by atoms with van der Waals surface area (Å²) in [6, 6.07) is 10.0. The van der Waals surface area contributed by atoms with Crippen LogP contribution in [-0.2, 0) is 14.3 Å². The van der Waals surface area contributed by atoms with Crippen LogP contribution in [0.5, 0.6) is 11.5 Å². The molecule has 1 unspecified atom stereocenters. The first-order valence-corrected chi connectivity index (χ1v) is 16.1. The Bertz CT molecular complexity index is 1160. The van der Waals surface area contributed by atoms with Gasteiger partial charge in [-0.05, 0) is 104 Å². The van der Waals surface area contributed by atoms with Gasteiger partial charge in [-0.15, -0.1) is 0 Å². The molecule has 1 amide bonds. The predicted molar refractivity (Wildman–Crippen MR) is 176 cm³/mol. The first-order chi connectivity index (χ1) is 20.6. The number of amides is 1. The molecule has 1 N–H and O–H groups in total. The van der Waals surface area contributed by atoms with Gasteiger partial charge in [0.25, 0.3) is 0 Å². The molecule has 0 saturated heterocycles. The van der Waals surface area contributed by atoms with Gasteiger partial charge < -0.3 is 19.5 Å². The molecule has 0 radical (unpaired) electrons. The Morgan fingerprint density at radius 2 is 1.63 bits per heavy atom. The van der Waals surface area contributed by atoms with Crippen LogP contribution in [0.1, 0.15) is 125 Å². The normalized spacial score (nSPS) is 12.1. The molecule has 0 heterocycles. The SMILES string of the molecule is CCCCN(C)C(=O)CCCCCCC=CCCC(c1ccc(O)c(C(C)C)c1)c1c(C)cc(OCC(=O)OC)cc1C. The molecule has 238 valence electrons. The summed E-state index contributed by atoms with van der Waals surface area (Å²) in [7, 11) is 3.27. The predicted octanol–water partition coefficient (Wildman–Crippen LogP) is 8.75. The monoisotopic (exact) mass is 593 g/mol. The molecule has 43 heavy (non-hydrogen) atoms. The topological polar surface area (TPSA) is 76.1 Å². The second kappa shape index (κ2) is 19.1. The van der Waals surface area contributed by atoms with Crippen molar-refractivity contribution in [1.82, 2.24) is 4.90 Å². The number of hydrogen-bond acceptors (Lipinski definition) is 5. The third kappa shape index (κ3) is 12.1.